The largest absolute Gasteiger partial charge is 0.477 e. The van der Waals surface area contributed by atoms with Crippen LogP contribution >= 0.6 is 0 Å². The maximum atomic E-state index is 12.9. The lowest BCUT2D eigenvalue weighted by Crippen LogP contribution is -2.24. The molecule has 3 aromatic rings. The molecule has 28 heavy (non-hydrogen) atoms. The normalized spacial score (nSPS) is 10.8. The van der Waals surface area contributed by atoms with Crippen molar-refractivity contribution in [2.75, 3.05) is 6.61 Å². The first-order chi connectivity index (χ1) is 13.5. The predicted octanol–water partition coefficient (Wildman–Crippen LogP) is 3.52. The van der Waals surface area contributed by atoms with Gasteiger partial charge in [0.25, 0.3) is 5.91 Å². The number of carbonyl (C=O) groups excluding carboxylic acids is 1. The highest BCUT2D eigenvalue weighted by Crippen LogP contribution is 2.25. The van der Waals surface area contributed by atoms with Crippen LogP contribution in [0.3, 0.4) is 0 Å². The van der Waals surface area contributed by atoms with E-state index in [0.29, 0.717) is 17.1 Å². The number of nitro groups is 1. The average Bonchev–Trinajstić information content (AvgIpc) is 3.16. The molecule has 0 aliphatic carbocycles. The van der Waals surface area contributed by atoms with Gasteiger partial charge in [-0.05, 0) is 42.5 Å². The molecule has 1 amide bonds. The highest BCUT2D eigenvalue weighted by atomic mass is 19.1. The summed E-state index contributed by atoms with van der Waals surface area (Å²) in [5, 5.41) is 14.6. The second-order valence-corrected chi connectivity index (χ2v) is 5.52. The van der Waals surface area contributed by atoms with E-state index in [1.165, 1.54) is 36.5 Å². The number of nitrogens with one attached hydrogen (secondary N) is 1. The Morgan fingerprint density at radius 1 is 1.18 bits per heavy atom. The highest BCUT2D eigenvalue weighted by Gasteiger charge is 2.14. The van der Waals surface area contributed by atoms with Crippen molar-refractivity contribution < 1.29 is 23.3 Å². The van der Waals surface area contributed by atoms with E-state index in [0.717, 1.165) is 0 Å². The molecule has 0 bridgehead atoms. The van der Waals surface area contributed by atoms with Gasteiger partial charge < -0.3 is 9.15 Å². The van der Waals surface area contributed by atoms with Gasteiger partial charge in [0.05, 0.1) is 11.1 Å². The van der Waals surface area contributed by atoms with Gasteiger partial charge in [-0.2, -0.15) is 5.10 Å². The molecule has 0 fully saturated rings. The second kappa shape index (κ2) is 8.58. The molecule has 0 unspecified atom stereocenters. The molecule has 0 aliphatic rings. The van der Waals surface area contributed by atoms with E-state index in [4.69, 9.17) is 9.15 Å². The number of rotatable bonds is 7. The van der Waals surface area contributed by atoms with Crippen LogP contribution < -0.4 is 10.2 Å². The van der Waals surface area contributed by atoms with E-state index >= 15 is 0 Å². The van der Waals surface area contributed by atoms with E-state index < -0.39 is 17.4 Å². The van der Waals surface area contributed by atoms with Gasteiger partial charge in [0, 0.05) is 11.6 Å². The minimum atomic E-state index is -0.597. The van der Waals surface area contributed by atoms with Crippen molar-refractivity contribution >= 4 is 17.8 Å². The molecule has 0 aliphatic heterocycles. The number of benzene rings is 2. The first kappa shape index (κ1) is 18.8. The third kappa shape index (κ3) is 4.79. The van der Waals surface area contributed by atoms with Gasteiger partial charge in [-0.3, -0.25) is 14.9 Å². The second-order valence-electron chi connectivity index (χ2n) is 5.52. The zero-order valence-electron chi connectivity index (χ0n) is 14.4. The van der Waals surface area contributed by atoms with Crippen LogP contribution in [-0.4, -0.2) is 23.7 Å². The molecule has 1 N–H and O–H groups in total. The number of hydrogen-bond donors (Lipinski definition) is 1. The van der Waals surface area contributed by atoms with Crippen molar-refractivity contribution in [1.29, 1.82) is 0 Å². The van der Waals surface area contributed by atoms with Gasteiger partial charge in [0.2, 0.25) is 0 Å². The van der Waals surface area contributed by atoms with Crippen LogP contribution in [-0.2, 0) is 4.79 Å². The highest BCUT2D eigenvalue weighted by molar-refractivity contribution is 5.81. The van der Waals surface area contributed by atoms with Gasteiger partial charge in [-0.25, -0.2) is 9.82 Å². The number of nitrogens with zero attached hydrogens (tertiary/aromatic N) is 2. The van der Waals surface area contributed by atoms with E-state index in [1.807, 2.05) is 0 Å². The summed E-state index contributed by atoms with van der Waals surface area (Å²) >= 11 is 0. The van der Waals surface area contributed by atoms with E-state index in [2.05, 4.69) is 10.5 Å². The molecule has 142 valence electrons. The maximum Gasteiger partial charge on any atom is 0.310 e. The van der Waals surface area contributed by atoms with Crippen LogP contribution in [0.5, 0.6) is 5.75 Å². The van der Waals surface area contributed by atoms with Crippen LogP contribution in [0.1, 0.15) is 5.76 Å². The first-order valence-electron chi connectivity index (χ1n) is 8.07. The van der Waals surface area contributed by atoms with Crippen LogP contribution in [0.25, 0.3) is 11.3 Å². The Kier molecular flexibility index (Phi) is 5.75. The van der Waals surface area contributed by atoms with E-state index in [-0.39, 0.29) is 17.3 Å². The van der Waals surface area contributed by atoms with Crippen molar-refractivity contribution in [1.82, 2.24) is 5.43 Å². The van der Waals surface area contributed by atoms with Crippen molar-refractivity contribution in [3.63, 3.8) is 0 Å². The van der Waals surface area contributed by atoms with Gasteiger partial charge in [0.1, 0.15) is 17.3 Å². The summed E-state index contributed by atoms with van der Waals surface area (Å²) in [4.78, 5) is 22.1. The number of hydrazone groups is 1. The summed E-state index contributed by atoms with van der Waals surface area (Å²) in [7, 11) is 0. The summed E-state index contributed by atoms with van der Waals surface area (Å²) in [6, 6.07) is 14.9. The monoisotopic (exact) mass is 383 g/mol. The number of para-hydroxylation sites is 2. The number of nitro benzene ring substituents is 1. The van der Waals surface area contributed by atoms with Crippen LogP contribution in [0.15, 0.2) is 70.2 Å². The maximum absolute atomic E-state index is 12.9. The molecule has 0 spiro atoms. The fraction of sp³-hybridized carbons (Fsp3) is 0.0526. The third-order valence-electron chi connectivity index (χ3n) is 3.56. The molecule has 0 saturated heterocycles. The van der Waals surface area contributed by atoms with Gasteiger partial charge in [-0.15, -0.1) is 0 Å². The Labute approximate surface area is 158 Å². The molecular formula is C19H14FN3O5. The van der Waals surface area contributed by atoms with Crippen molar-refractivity contribution in [2.45, 2.75) is 0 Å². The van der Waals surface area contributed by atoms with Crippen molar-refractivity contribution in [3.05, 3.63) is 82.4 Å². The van der Waals surface area contributed by atoms with Crippen molar-refractivity contribution in [2.24, 2.45) is 5.10 Å². The lowest BCUT2D eigenvalue weighted by Gasteiger charge is -2.05. The Bertz CT molecular complexity index is 1010. The smallest absolute Gasteiger partial charge is 0.310 e. The number of ether oxygens (including phenoxy) is 1. The Balaban J connectivity index is 1.53. The third-order valence-corrected chi connectivity index (χ3v) is 3.56. The minimum Gasteiger partial charge on any atom is -0.477 e. The summed E-state index contributed by atoms with van der Waals surface area (Å²) in [6.45, 7) is -0.443. The van der Waals surface area contributed by atoms with E-state index in [1.54, 1.807) is 30.3 Å². The molecular weight excluding hydrogens is 369 g/mol. The molecule has 0 radical (unpaired) electrons. The average molecular weight is 383 g/mol. The van der Waals surface area contributed by atoms with Gasteiger partial charge in [-0.1, -0.05) is 12.1 Å². The predicted molar refractivity (Wildman–Crippen MR) is 98.4 cm³/mol. The number of halogens is 1. The topological polar surface area (TPSA) is 107 Å². The van der Waals surface area contributed by atoms with Crippen LogP contribution in [0.4, 0.5) is 10.1 Å². The standard InChI is InChI=1S/C19H14FN3O5/c20-14-7-5-13(6-8-14)17-10-9-15(28-17)11-21-22-19(24)12-27-18-4-2-1-3-16(18)23(25)26/h1-11H,12H2,(H,22,24). The fourth-order valence-corrected chi connectivity index (χ4v) is 2.27. The number of amides is 1. The molecule has 0 atom stereocenters. The van der Waals surface area contributed by atoms with Gasteiger partial charge in [0.15, 0.2) is 12.4 Å². The molecule has 3 rings (SSSR count). The minimum absolute atomic E-state index is 0.0124. The fourth-order valence-electron chi connectivity index (χ4n) is 2.27. The molecule has 1 aromatic heterocycles. The number of furan rings is 1. The summed E-state index contributed by atoms with van der Waals surface area (Å²) in [5.41, 5.74) is 2.70. The number of carbonyl (C=O) groups is 1. The lowest BCUT2D eigenvalue weighted by molar-refractivity contribution is -0.385. The Hall–Kier alpha value is -4.01. The van der Waals surface area contributed by atoms with Gasteiger partial charge >= 0.3 is 5.69 Å². The molecule has 2 aromatic carbocycles. The first-order valence-corrected chi connectivity index (χ1v) is 8.07. The molecule has 9 heteroatoms. The zero-order valence-corrected chi connectivity index (χ0v) is 14.4. The Morgan fingerprint density at radius 3 is 2.68 bits per heavy atom. The quantitative estimate of drug-likeness (QED) is 0.382. The van der Waals surface area contributed by atoms with E-state index in [9.17, 15) is 19.3 Å². The summed E-state index contributed by atoms with van der Waals surface area (Å²) in [6.07, 6.45) is 1.29. The number of hydrogen-bond acceptors (Lipinski definition) is 6. The molecule has 0 saturated carbocycles. The van der Waals surface area contributed by atoms with Crippen LogP contribution in [0.2, 0.25) is 0 Å². The summed E-state index contributed by atoms with van der Waals surface area (Å²) < 4.78 is 23.6. The zero-order chi connectivity index (χ0) is 19.9. The molecule has 8 nitrogen and oxygen atoms in total. The van der Waals surface area contributed by atoms with Crippen LogP contribution in [0, 0.1) is 15.9 Å². The summed E-state index contributed by atoms with van der Waals surface area (Å²) in [5.74, 6) is -0.0593. The van der Waals surface area contributed by atoms with Crippen molar-refractivity contribution in [3.8, 4) is 17.1 Å². The Morgan fingerprint density at radius 2 is 1.93 bits per heavy atom. The lowest BCUT2D eigenvalue weighted by atomic mass is 10.2. The SMILES string of the molecule is O=C(COc1ccccc1[N+](=O)[O-])NN=Cc1ccc(-c2ccc(F)cc2)o1. The molecule has 1 heterocycles.